The second kappa shape index (κ2) is 26.9. The first-order valence-electron chi connectivity index (χ1n) is 22.5. The van der Waals surface area contributed by atoms with Crippen LogP contribution in [-0.2, 0) is 46.2 Å². The number of hydrogen-bond acceptors (Lipinski definition) is 13. The van der Waals surface area contributed by atoms with Crippen molar-refractivity contribution >= 4 is 47.5 Å². The lowest BCUT2D eigenvalue weighted by molar-refractivity contribution is -0.151. The molecule has 2 aromatic rings. The molecule has 2 aliphatic carbocycles. The number of ether oxygens (including phenoxy) is 3. The van der Waals surface area contributed by atoms with Gasteiger partial charge in [0.1, 0.15) is 36.6 Å². The number of carbonyl (C=O) groups is 4. The largest absolute Gasteiger partial charge is 0.454 e. The minimum Gasteiger partial charge on any atom is -0.454 e. The number of aliphatic hydroxyl groups excluding tert-OH is 5. The van der Waals surface area contributed by atoms with Crippen molar-refractivity contribution in [3.05, 3.63) is 84.0 Å². The molecule has 3 fully saturated rings. The number of para-hydroxylation sites is 2. The Bertz CT molecular complexity index is 1920. The highest BCUT2D eigenvalue weighted by Gasteiger charge is 2.47. The van der Waals surface area contributed by atoms with E-state index < -0.39 is 66.8 Å². The Kier molecular flexibility index (Phi) is 22.9. The van der Waals surface area contributed by atoms with Gasteiger partial charge in [-0.25, -0.2) is 4.79 Å². The number of likely N-dealkylation sites (N-methyl/N-ethyl adjacent to an activating group) is 2. The van der Waals surface area contributed by atoms with Gasteiger partial charge in [-0.3, -0.25) is 14.4 Å². The number of anilines is 2. The molecule has 0 unspecified atom stereocenters. The smallest absolute Gasteiger partial charge is 0.338 e. The molecule has 0 bridgehead atoms. The molecule has 10 atom stereocenters. The molecule has 2 saturated carbocycles. The van der Waals surface area contributed by atoms with Gasteiger partial charge in [0.15, 0.2) is 18.3 Å². The van der Waals surface area contributed by atoms with Crippen molar-refractivity contribution in [2.75, 3.05) is 38.1 Å². The number of nitrogens with zero attached hydrogens (tertiary/aromatic N) is 2. The van der Waals surface area contributed by atoms with Gasteiger partial charge in [0.05, 0.1) is 6.04 Å². The molecule has 3 amide bonds. The number of benzene rings is 2. The number of methoxy groups -OCH3 is 2. The molecule has 0 radical (unpaired) electrons. The van der Waals surface area contributed by atoms with E-state index in [0.717, 1.165) is 68.3 Å². The molecule has 2 aromatic carbocycles. The van der Waals surface area contributed by atoms with Gasteiger partial charge in [-0.15, -0.1) is 12.4 Å². The summed E-state index contributed by atoms with van der Waals surface area (Å²) >= 11 is 0. The maximum atomic E-state index is 12.9. The number of fused-ring (bicyclic) bond motifs is 2. The molecular formula is C49H73ClN4O12. The van der Waals surface area contributed by atoms with Crippen LogP contribution in [0, 0.1) is 11.8 Å². The van der Waals surface area contributed by atoms with E-state index in [1.54, 1.807) is 25.1 Å². The molecule has 8 N–H and O–H groups in total. The van der Waals surface area contributed by atoms with E-state index in [-0.39, 0.29) is 37.7 Å². The third-order valence-corrected chi connectivity index (χ3v) is 12.9. The number of nitrogens with two attached hydrogens (primary N) is 1. The molecular weight excluding hydrogens is 872 g/mol. The molecule has 7 rings (SSSR count). The van der Waals surface area contributed by atoms with Gasteiger partial charge in [-0.2, -0.15) is 0 Å². The van der Waals surface area contributed by atoms with Gasteiger partial charge in [0.25, 0.3) is 5.91 Å². The van der Waals surface area contributed by atoms with Crippen molar-refractivity contribution in [3.63, 3.8) is 0 Å². The van der Waals surface area contributed by atoms with E-state index in [4.69, 9.17) is 19.9 Å². The summed E-state index contributed by atoms with van der Waals surface area (Å²) in [4.78, 5) is 52.0. The molecule has 3 heterocycles. The Morgan fingerprint density at radius 3 is 1.79 bits per heavy atom. The Labute approximate surface area is 395 Å². The second-order valence-electron chi connectivity index (χ2n) is 17.3. The zero-order chi connectivity index (χ0) is 46.5. The van der Waals surface area contributed by atoms with E-state index in [2.05, 4.69) is 11.4 Å². The fraction of sp³-hybridized carbons (Fsp3) is 0.592. The highest BCUT2D eigenvalue weighted by molar-refractivity contribution is 6.00. The monoisotopic (exact) mass is 944 g/mol. The number of cyclic esters (lactones) is 1. The van der Waals surface area contributed by atoms with E-state index in [1.807, 2.05) is 54.6 Å². The number of nitrogens with one attached hydrogen (secondary N) is 1. The quantitative estimate of drug-likeness (QED) is 0.120. The number of halogens is 1. The van der Waals surface area contributed by atoms with Gasteiger partial charge in [-0.05, 0) is 86.5 Å². The molecule has 368 valence electrons. The van der Waals surface area contributed by atoms with Crippen molar-refractivity contribution in [2.45, 2.75) is 145 Å². The molecule has 0 spiro atoms. The third kappa shape index (κ3) is 14.4. The van der Waals surface area contributed by atoms with Gasteiger partial charge in [0.2, 0.25) is 11.8 Å². The van der Waals surface area contributed by atoms with Crippen molar-refractivity contribution in [2.24, 2.45) is 17.6 Å². The van der Waals surface area contributed by atoms with Crippen LogP contribution in [0.1, 0.15) is 82.8 Å². The highest BCUT2D eigenvalue weighted by Crippen LogP contribution is 2.29. The van der Waals surface area contributed by atoms with Crippen LogP contribution in [0.3, 0.4) is 0 Å². The molecule has 17 heteroatoms. The zero-order valence-corrected chi connectivity index (χ0v) is 38.6. The maximum Gasteiger partial charge on any atom is 0.338 e. The van der Waals surface area contributed by atoms with Gasteiger partial charge in [-0.1, -0.05) is 93.8 Å². The highest BCUT2D eigenvalue weighted by atomic mass is 35.5. The fourth-order valence-corrected chi connectivity index (χ4v) is 9.00. The molecule has 16 nitrogen and oxygen atoms in total. The van der Waals surface area contributed by atoms with E-state index in [1.165, 1.54) is 43.6 Å². The minimum absolute atomic E-state index is 0. The average Bonchev–Trinajstić information content (AvgIpc) is 4.07. The van der Waals surface area contributed by atoms with Crippen LogP contribution in [0.15, 0.2) is 72.8 Å². The van der Waals surface area contributed by atoms with Crippen LogP contribution in [0.2, 0.25) is 0 Å². The van der Waals surface area contributed by atoms with Crippen LogP contribution in [-0.4, -0.2) is 138 Å². The number of allylic oxidation sites excluding steroid dienone is 2. The van der Waals surface area contributed by atoms with E-state index >= 15 is 0 Å². The van der Waals surface area contributed by atoms with Crippen LogP contribution in [0.4, 0.5) is 11.4 Å². The minimum atomic E-state index is -1.67. The standard InChI is InChI=1S/C24H34N2O6.C13H20O5.C11H14N2O.CH4.ClH/c1-26-18-10-6-5-9-16(18)12-13-17(24(26)31)25-23(30)22(32-2)21(29)20(28)19(27)14-11-15-7-3-4-8-15;1-17-12-10(15)11(18-13(12)16)9(14)7-6-8-4-2-3-5-8;1-13-10-5-3-2-4-8(10)6-7-9(12)11(13)14;;/h5-6,9-11,14-15,17,19-22,27-29H,3-4,7-8,12-13H2,1-2H3,(H,25,30);6-12,14-15H,2-5H2,1H3;2-5,9H,6-7,12H2,1H3;1H4;1H/b14-11+;7-6+;;;/t17-,19+,20-,21+,22+;9-,10-,11+,12-;9-;;/m010../s1. The van der Waals surface area contributed by atoms with E-state index in [0.29, 0.717) is 24.7 Å². The normalized spacial score (nSPS) is 25.6. The van der Waals surface area contributed by atoms with Crippen LogP contribution in [0.25, 0.3) is 0 Å². The first kappa shape index (κ1) is 56.1. The Morgan fingerprint density at radius 1 is 0.773 bits per heavy atom. The van der Waals surface area contributed by atoms with Crippen molar-refractivity contribution in [3.8, 4) is 0 Å². The van der Waals surface area contributed by atoms with Crippen LogP contribution in [0.5, 0.6) is 0 Å². The third-order valence-electron chi connectivity index (χ3n) is 12.9. The Balaban J connectivity index is 0.000000286. The van der Waals surface area contributed by atoms with Crippen molar-refractivity contribution in [1.29, 1.82) is 0 Å². The lowest BCUT2D eigenvalue weighted by Crippen LogP contribution is -2.55. The van der Waals surface area contributed by atoms with Gasteiger partial charge >= 0.3 is 5.97 Å². The summed E-state index contributed by atoms with van der Waals surface area (Å²) in [5.41, 5.74) is 9.76. The summed E-state index contributed by atoms with van der Waals surface area (Å²) in [6.07, 6.45) is 8.51. The summed E-state index contributed by atoms with van der Waals surface area (Å²) in [6, 6.07) is 14.4. The topological polar surface area (TPSA) is 242 Å². The number of hydrogen-bond donors (Lipinski definition) is 7. The molecule has 0 aromatic heterocycles. The maximum absolute atomic E-state index is 12.9. The number of esters is 1. The number of aliphatic hydroxyl groups is 5. The molecule has 3 aliphatic heterocycles. The van der Waals surface area contributed by atoms with Crippen LogP contribution < -0.4 is 20.9 Å². The predicted octanol–water partition coefficient (Wildman–Crippen LogP) is 3.30. The summed E-state index contributed by atoms with van der Waals surface area (Å²) in [5, 5.41) is 53.6. The fourth-order valence-electron chi connectivity index (χ4n) is 9.00. The lowest BCUT2D eigenvalue weighted by Gasteiger charge is -2.29. The lowest BCUT2D eigenvalue weighted by atomic mass is 9.99. The number of amides is 3. The Hall–Kier alpha value is -4.23. The summed E-state index contributed by atoms with van der Waals surface area (Å²) in [5.74, 6) is -0.750. The number of carbonyl (C=O) groups excluding carboxylic acids is 4. The summed E-state index contributed by atoms with van der Waals surface area (Å²) < 4.78 is 14.9. The van der Waals surface area contributed by atoms with Crippen molar-refractivity contribution in [1.82, 2.24) is 5.32 Å². The Morgan fingerprint density at radius 2 is 1.27 bits per heavy atom. The SMILES string of the molecule is C.CN1C(=O)[C@@H](N)CCc2ccccc21.CO[C@@H](C(=O)N[C@H]1CCc2ccccc2N(C)C1=O)[C@H](O)[C@@H](O)[C@H](O)/C=C/C1CCCC1.CO[C@H]1C(=O)O[C@@H]([C@H](O)/C=C/C2CCCC2)[C@H]1O.Cl. The predicted molar refractivity (Wildman–Crippen MR) is 254 cm³/mol. The number of rotatable bonds is 12. The number of aryl methyl sites for hydroxylation is 2. The molecule has 5 aliphatic rings. The second-order valence-corrected chi connectivity index (χ2v) is 17.3. The average molecular weight is 946 g/mol. The first-order chi connectivity index (χ1) is 30.7. The molecule has 1 saturated heterocycles. The van der Waals surface area contributed by atoms with Gasteiger partial charge < -0.3 is 60.6 Å². The van der Waals surface area contributed by atoms with Gasteiger partial charge in [0, 0.05) is 39.7 Å². The zero-order valence-electron chi connectivity index (χ0n) is 37.8. The van der Waals surface area contributed by atoms with Crippen molar-refractivity contribution < 1.29 is 58.9 Å². The van der Waals surface area contributed by atoms with E-state index in [9.17, 15) is 44.7 Å². The summed E-state index contributed by atoms with van der Waals surface area (Å²) in [7, 11) is 6.01. The summed E-state index contributed by atoms with van der Waals surface area (Å²) in [6.45, 7) is 0. The molecule has 66 heavy (non-hydrogen) atoms. The first-order valence-corrected chi connectivity index (χ1v) is 22.5. The van der Waals surface area contributed by atoms with Crippen LogP contribution >= 0.6 is 12.4 Å².